The first-order valence-electron chi connectivity index (χ1n) is 14.0. The van der Waals surface area contributed by atoms with Crippen LogP contribution in [0.4, 0.5) is 5.69 Å². The molecule has 2 aliphatic rings. The van der Waals surface area contributed by atoms with Gasteiger partial charge in [0.1, 0.15) is 6.54 Å². The highest BCUT2D eigenvalue weighted by atomic mass is 16.6. The van der Waals surface area contributed by atoms with E-state index in [0.29, 0.717) is 6.54 Å². The van der Waals surface area contributed by atoms with Gasteiger partial charge >= 0.3 is 0 Å². The minimum Gasteiger partial charge on any atom is -0.335 e. The third-order valence-electron chi connectivity index (χ3n) is 7.94. The number of non-ortho nitro benzene ring substituents is 1. The van der Waals surface area contributed by atoms with Crippen molar-refractivity contribution in [3.8, 4) is 0 Å². The number of rotatable bonds is 12. The number of carbonyl (C=O) groups is 2. The summed E-state index contributed by atoms with van der Waals surface area (Å²) in [6.07, 6.45) is 12.0. The van der Waals surface area contributed by atoms with Crippen LogP contribution in [0.1, 0.15) is 94.8 Å². The van der Waals surface area contributed by atoms with E-state index in [9.17, 15) is 19.7 Å². The lowest BCUT2D eigenvalue weighted by Gasteiger charge is -2.42. The topological polar surface area (TPSA) is 87.0 Å². The Balaban J connectivity index is 1.80. The van der Waals surface area contributed by atoms with Crippen molar-refractivity contribution in [1.29, 1.82) is 0 Å². The fraction of sp³-hybridized carbons (Fsp3) is 0.714. The largest absolute Gasteiger partial charge is 0.335 e. The molecule has 2 saturated carbocycles. The zero-order chi connectivity index (χ0) is 25.9. The summed E-state index contributed by atoms with van der Waals surface area (Å²) in [7, 11) is 0. The Labute approximate surface area is 216 Å². The van der Waals surface area contributed by atoms with Gasteiger partial charge in [-0.05, 0) is 57.8 Å². The Morgan fingerprint density at radius 2 is 1.50 bits per heavy atom. The second kappa shape index (κ2) is 14.3. The van der Waals surface area contributed by atoms with E-state index in [-0.39, 0.29) is 41.7 Å². The maximum atomic E-state index is 13.9. The third kappa shape index (κ3) is 7.76. The van der Waals surface area contributed by atoms with Crippen LogP contribution in [-0.4, -0.2) is 76.2 Å². The average molecular weight is 501 g/mol. The smallest absolute Gasteiger partial charge is 0.270 e. The molecule has 0 atom stereocenters. The van der Waals surface area contributed by atoms with Gasteiger partial charge in [-0.25, -0.2) is 0 Å². The van der Waals surface area contributed by atoms with Crippen LogP contribution in [0.3, 0.4) is 0 Å². The van der Waals surface area contributed by atoms with E-state index < -0.39 is 4.92 Å². The molecule has 0 bridgehead atoms. The van der Waals surface area contributed by atoms with Gasteiger partial charge in [0, 0.05) is 36.3 Å². The molecule has 2 fully saturated rings. The van der Waals surface area contributed by atoms with Gasteiger partial charge in [-0.15, -0.1) is 0 Å². The van der Waals surface area contributed by atoms with Crippen LogP contribution in [0, 0.1) is 10.1 Å². The van der Waals surface area contributed by atoms with E-state index in [0.717, 1.165) is 77.4 Å². The van der Waals surface area contributed by atoms with E-state index in [1.807, 2.05) is 0 Å². The number of benzene rings is 1. The van der Waals surface area contributed by atoms with Gasteiger partial charge in [0.25, 0.3) is 11.6 Å². The Kier molecular flexibility index (Phi) is 11.2. The summed E-state index contributed by atoms with van der Waals surface area (Å²) in [5.74, 6) is -0.269. The van der Waals surface area contributed by atoms with Crippen LogP contribution < -0.4 is 0 Å². The molecule has 0 aliphatic heterocycles. The van der Waals surface area contributed by atoms with E-state index in [1.54, 1.807) is 11.0 Å². The molecule has 0 unspecified atom stereocenters. The quantitative estimate of drug-likeness (QED) is 0.288. The summed E-state index contributed by atoms with van der Waals surface area (Å²) in [6.45, 7) is 7.43. The predicted octanol–water partition coefficient (Wildman–Crippen LogP) is 5.26. The van der Waals surface area contributed by atoms with Crippen LogP contribution in [0.15, 0.2) is 24.3 Å². The van der Waals surface area contributed by atoms with E-state index in [4.69, 9.17) is 0 Å². The molecule has 0 radical (unpaired) electrons. The van der Waals surface area contributed by atoms with Crippen molar-refractivity contribution in [3.63, 3.8) is 0 Å². The summed E-state index contributed by atoms with van der Waals surface area (Å²) in [5, 5.41) is 11.3. The highest BCUT2D eigenvalue weighted by Gasteiger charge is 2.34. The molecule has 0 heterocycles. The number of nitro groups is 1. The molecule has 0 aromatic heterocycles. The lowest BCUT2D eigenvalue weighted by molar-refractivity contribution is -0.384. The van der Waals surface area contributed by atoms with Crippen molar-refractivity contribution in [2.75, 3.05) is 32.7 Å². The molecule has 8 nitrogen and oxygen atoms in total. The standard InChI is InChI=1S/C28H44N4O4/c1-3-29(4-2)19-12-20-30(28(34)23-13-11-18-26(21-23)32(35)36)22-27(33)31(24-14-7-5-8-15-24)25-16-9-6-10-17-25/h11,13,18,21,24-25H,3-10,12,14-17,19-20,22H2,1-2H3. The molecule has 0 N–H and O–H groups in total. The van der Waals surface area contributed by atoms with Crippen molar-refractivity contribution >= 4 is 17.5 Å². The Morgan fingerprint density at radius 3 is 2.03 bits per heavy atom. The van der Waals surface area contributed by atoms with E-state index >= 15 is 0 Å². The zero-order valence-electron chi connectivity index (χ0n) is 22.2. The molecule has 2 aliphatic carbocycles. The summed E-state index contributed by atoms with van der Waals surface area (Å²) >= 11 is 0. The van der Waals surface area contributed by atoms with Gasteiger partial charge in [0.15, 0.2) is 0 Å². The average Bonchev–Trinajstić information content (AvgIpc) is 2.91. The first-order valence-corrected chi connectivity index (χ1v) is 14.0. The number of carbonyl (C=O) groups excluding carboxylic acids is 2. The normalized spacial score (nSPS) is 17.2. The summed E-state index contributed by atoms with van der Waals surface area (Å²) in [4.78, 5) is 44.3. The van der Waals surface area contributed by atoms with Crippen molar-refractivity contribution in [2.45, 2.75) is 96.6 Å². The van der Waals surface area contributed by atoms with E-state index in [2.05, 4.69) is 23.6 Å². The van der Waals surface area contributed by atoms with E-state index in [1.165, 1.54) is 31.0 Å². The monoisotopic (exact) mass is 500 g/mol. The molecular weight excluding hydrogens is 456 g/mol. The summed E-state index contributed by atoms with van der Waals surface area (Å²) in [6, 6.07) is 6.39. The van der Waals surface area contributed by atoms with Gasteiger partial charge in [-0.1, -0.05) is 58.4 Å². The second-order valence-corrected chi connectivity index (χ2v) is 10.3. The van der Waals surface area contributed by atoms with Crippen molar-refractivity contribution in [2.24, 2.45) is 0 Å². The molecular formula is C28H44N4O4. The minimum atomic E-state index is -0.486. The van der Waals surface area contributed by atoms with Crippen molar-refractivity contribution < 1.29 is 14.5 Å². The maximum absolute atomic E-state index is 13.9. The number of hydrogen-bond acceptors (Lipinski definition) is 5. The molecule has 8 heteroatoms. The first-order chi connectivity index (χ1) is 17.4. The highest BCUT2D eigenvalue weighted by molar-refractivity contribution is 5.97. The van der Waals surface area contributed by atoms with Gasteiger partial charge in [0.05, 0.1) is 4.92 Å². The Bertz CT molecular complexity index is 843. The molecule has 3 rings (SSSR count). The molecule has 36 heavy (non-hydrogen) atoms. The molecule has 200 valence electrons. The number of amides is 2. The van der Waals surface area contributed by atoms with Crippen LogP contribution in [0.25, 0.3) is 0 Å². The summed E-state index contributed by atoms with van der Waals surface area (Å²) in [5.41, 5.74) is 0.156. The Morgan fingerprint density at radius 1 is 0.917 bits per heavy atom. The third-order valence-corrected chi connectivity index (χ3v) is 7.94. The molecule has 0 saturated heterocycles. The SMILES string of the molecule is CCN(CC)CCCN(CC(=O)N(C1CCCCC1)C1CCCCC1)C(=O)c1cccc([N+](=O)[O-])c1. The van der Waals surface area contributed by atoms with Crippen LogP contribution in [0.2, 0.25) is 0 Å². The van der Waals surface area contributed by atoms with Gasteiger partial charge in [-0.3, -0.25) is 19.7 Å². The fourth-order valence-corrected chi connectivity index (χ4v) is 5.88. The molecule has 1 aromatic carbocycles. The first kappa shape index (κ1) is 28.1. The van der Waals surface area contributed by atoms with Crippen molar-refractivity contribution in [3.05, 3.63) is 39.9 Å². The van der Waals surface area contributed by atoms with Gasteiger partial charge in [-0.2, -0.15) is 0 Å². The van der Waals surface area contributed by atoms with Crippen LogP contribution in [0.5, 0.6) is 0 Å². The summed E-state index contributed by atoms with van der Waals surface area (Å²) < 4.78 is 0. The lowest BCUT2D eigenvalue weighted by atomic mass is 9.88. The van der Waals surface area contributed by atoms with Crippen molar-refractivity contribution in [1.82, 2.24) is 14.7 Å². The minimum absolute atomic E-state index is 0.0345. The second-order valence-electron chi connectivity index (χ2n) is 10.3. The highest BCUT2D eigenvalue weighted by Crippen LogP contribution is 2.30. The predicted molar refractivity (Wildman–Crippen MR) is 142 cm³/mol. The number of nitrogens with zero attached hydrogens (tertiary/aromatic N) is 4. The van der Waals surface area contributed by atoms with Gasteiger partial charge in [0.2, 0.25) is 5.91 Å². The number of nitro benzene ring substituents is 1. The van der Waals surface area contributed by atoms with Gasteiger partial charge < -0.3 is 14.7 Å². The Hall–Kier alpha value is -2.48. The van der Waals surface area contributed by atoms with Crippen LogP contribution in [-0.2, 0) is 4.79 Å². The molecule has 0 spiro atoms. The zero-order valence-corrected chi connectivity index (χ0v) is 22.2. The molecule has 2 amide bonds. The lowest BCUT2D eigenvalue weighted by Crippen LogP contribution is -2.53. The maximum Gasteiger partial charge on any atom is 0.270 e. The fourth-order valence-electron chi connectivity index (χ4n) is 5.88. The molecule has 1 aromatic rings. The van der Waals surface area contributed by atoms with Crippen LogP contribution >= 0.6 is 0 Å². The number of hydrogen-bond donors (Lipinski definition) is 0.